The maximum atomic E-state index is 12.2. The van der Waals surface area contributed by atoms with Gasteiger partial charge in [-0.15, -0.1) is 0 Å². The molecule has 0 aliphatic carbocycles. The van der Waals surface area contributed by atoms with Crippen LogP contribution in [0.3, 0.4) is 0 Å². The first-order chi connectivity index (χ1) is 13.4. The van der Waals surface area contributed by atoms with Crippen molar-refractivity contribution in [3.8, 4) is 16.9 Å². The van der Waals surface area contributed by atoms with Gasteiger partial charge in [0.05, 0.1) is 15.1 Å². The van der Waals surface area contributed by atoms with E-state index in [9.17, 15) is 14.9 Å². The monoisotopic (exact) mass is 504 g/mol. The van der Waals surface area contributed by atoms with Gasteiger partial charge in [-0.3, -0.25) is 14.9 Å². The molecule has 0 aliphatic heterocycles. The van der Waals surface area contributed by atoms with Gasteiger partial charge in [-0.1, -0.05) is 36.4 Å². The van der Waals surface area contributed by atoms with E-state index in [4.69, 9.17) is 4.74 Å². The summed E-state index contributed by atoms with van der Waals surface area (Å²) in [5.41, 5.74) is 2.47. The minimum atomic E-state index is -0.504. The molecular formula is C20H14Br2N2O4. The standard InChI is InChI=1S/C20H14Br2N2O4/c21-16-11-15(24(26)27)7-8-18(16)23-20(25)12-28-19-9-6-14(10-17(19)22)13-4-2-1-3-5-13/h1-11H,12H2,(H,23,25). The highest BCUT2D eigenvalue weighted by Crippen LogP contribution is 2.31. The van der Waals surface area contributed by atoms with Crippen molar-refractivity contribution in [2.24, 2.45) is 0 Å². The number of hydrogen-bond donors (Lipinski definition) is 1. The van der Waals surface area contributed by atoms with Gasteiger partial charge in [0.25, 0.3) is 11.6 Å². The molecule has 0 fully saturated rings. The fraction of sp³-hybridized carbons (Fsp3) is 0.0500. The quantitative estimate of drug-likeness (QED) is 0.339. The molecule has 0 saturated heterocycles. The average molecular weight is 506 g/mol. The van der Waals surface area contributed by atoms with Gasteiger partial charge in [0.1, 0.15) is 5.75 Å². The normalized spacial score (nSPS) is 10.4. The number of carbonyl (C=O) groups excluding carboxylic acids is 1. The predicted molar refractivity (Wildman–Crippen MR) is 114 cm³/mol. The summed E-state index contributed by atoms with van der Waals surface area (Å²) < 4.78 is 6.74. The van der Waals surface area contributed by atoms with Crippen molar-refractivity contribution in [2.45, 2.75) is 0 Å². The Morgan fingerprint density at radius 2 is 1.71 bits per heavy atom. The van der Waals surface area contributed by atoms with Gasteiger partial charge in [-0.25, -0.2) is 0 Å². The number of halogens is 2. The Morgan fingerprint density at radius 1 is 0.964 bits per heavy atom. The van der Waals surface area contributed by atoms with Gasteiger partial charge >= 0.3 is 0 Å². The van der Waals surface area contributed by atoms with Crippen molar-refractivity contribution in [3.63, 3.8) is 0 Å². The van der Waals surface area contributed by atoms with Crippen molar-refractivity contribution < 1.29 is 14.5 Å². The summed E-state index contributed by atoms with van der Waals surface area (Å²) in [6.07, 6.45) is 0. The van der Waals surface area contributed by atoms with E-state index in [2.05, 4.69) is 37.2 Å². The van der Waals surface area contributed by atoms with Crippen LogP contribution in [0.2, 0.25) is 0 Å². The molecule has 1 N–H and O–H groups in total. The number of nitro groups is 1. The molecule has 3 aromatic carbocycles. The maximum Gasteiger partial charge on any atom is 0.270 e. The summed E-state index contributed by atoms with van der Waals surface area (Å²) in [6.45, 7) is -0.202. The van der Waals surface area contributed by atoms with Crippen LogP contribution in [0.25, 0.3) is 11.1 Å². The molecule has 0 radical (unpaired) electrons. The molecule has 0 bridgehead atoms. The minimum Gasteiger partial charge on any atom is -0.483 e. The van der Waals surface area contributed by atoms with Gasteiger partial charge < -0.3 is 10.1 Å². The Labute approximate surface area is 177 Å². The lowest BCUT2D eigenvalue weighted by Crippen LogP contribution is -2.20. The lowest BCUT2D eigenvalue weighted by atomic mass is 10.1. The highest BCUT2D eigenvalue weighted by Gasteiger charge is 2.12. The van der Waals surface area contributed by atoms with E-state index in [1.165, 1.54) is 18.2 Å². The first-order valence-corrected chi connectivity index (χ1v) is 9.74. The molecule has 0 saturated carbocycles. The number of nitro benzene ring substituents is 1. The highest BCUT2D eigenvalue weighted by atomic mass is 79.9. The van der Waals surface area contributed by atoms with Crippen LogP contribution >= 0.6 is 31.9 Å². The fourth-order valence-corrected chi connectivity index (χ4v) is 3.44. The lowest BCUT2D eigenvalue weighted by Gasteiger charge is -2.11. The molecule has 0 aliphatic rings. The second kappa shape index (κ2) is 8.99. The number of hydrogen-bond acceptors (Lipinski definition) is 4. The van der Waals surface area contributed by atoms with Crippen LogP contribution < -0.4 is 10.1 Å². The van der Waals surface area contributed by atoms with E-state index < -0.39 is 4.92 Å². The molecule has 0 atom stereocenters. The maximum absolute atomic E-state index is 12.2. The molecule has 28 heavy (non-hydrogen) atoms. The minimum absolute atomic E-state index is 0.0661. The van der Waals surface area contributed by atoms with Crippen molar-refractivity contribution in [3.05, 3.63) is 85.8 Å². The topological polar surface area (TPSA) is 81.5 Å². The first kappa shape index (κ1) is 20.0. The third-order valence-electron chi connectivity index (χ3n) is 3.84. The summed E-state index contributed by atoms with van der Waals surface area (Å²) in [5, 5.41) is 13.4. The van der Waals surface area contributed by atoms with Gasteiger partial charge in [0.15, 0.2) is 6.61 Å². The van der Waals surface area contributed by atoms with Crippen LogP contribution in [-0.4, -0.2) is 17.4 Å². The molecule has 0 unspecified atom stereocenters. The summed E-state index contributed by atoms with van der Waals surface area (Å²) in [7, 11) is 0. The lowest BCUT2D eigenvalue weighted by molar-refractivity contribution is -0.384. The molecule has 8 heteroatoms. The third-order valence-corrected chi connectivity index (χ3v) is 5.11. The van der Waals surface area contributed by atoms with Crippen LogP contribution in [0.4, 0.5) is 11.4 Å². The second-order valence-electron chi connectivity index (χ2n) is 5.77. The molecular weight excluding hydrogens is 492 g/mol. The number of nitrogens with one attached hydrogen (secondary N) is 1. The van der Waals surface area contributed by atoms with E-state index in [0.717, 1.165) is 15.6 Å². The Bertz CT molecular complexity index is 1030. The number of benzene rings is 3. The van der Waals surface area contributed by atoms with E-state index in [1.807, 2.05) is 42.5 Å². The molecule has 3 aromatic rings. The van der Waals surface area contributed by atoms with Gasteiger partial charge in [-0.2, -0.15) is 0 Å². The summed E-state index contributed by atoms with van der Waals surface area (Å²) in [6, 6.07) is 19.7. The van der Waals surface area contributed by atoms with Crippen molar-refractivity contribution in [1.82, 2.24) is 0 Å². The zero-order chi connectivity index (χ0) is 20.1. The smallest absolute Gasteiger partial charge is 0.270 e. The van der Waals surface area contributed by atoms with E-state index in [0.29, 0.717) is 15.9 Å². The molecule has 1 amide bonds. The van der Waals surface area contributed by atoms with Gasteiger partial charge in [-0.05, 0) is 61.2 Å². The number of amides is 1. The third kappa shape index (κ3) is 4.96. The molecule has 0 aromatic heterocycles. The zero-order valence-electron chi connectivity index (χ0n) is 14.4. The van der Waals surface area contributed by atoms with Crippen LogP contribution in [0.1, 0.15) is 0 Å². The van der Waals surface area contributed by atoms with Crippen LogP contribution in [0, 0.1) is 10.1 Å². The Morgan fingerprint density at radius 3 is 2.36 bits per heavy atom. The number of carbonyl (C=O) groups is 1. The number of ether oxygens (including phenoxy) is 1. The fourth-order valence-electron chi connectivity index (χ4n) is 2.48. The first-order valence-electron chi connectivity index (χ1n) is 8.15. The number of non-ortho nitro benzene ring substituents is 1. The number of rotatable bonds is 6. The van der Waals surface area contributed by atoms with E-state index in [1.54, 1.807) is 6.07 Å². The van der Waals surface area contributed by atoms with Crippen molar-refractivity contribution in [1.29, 1.82) is 0 Å². The Hall–Kier alpha value is -2.71. The average Bonchev–Trinajstić information content (AvgIpc) is 2.69. The zero-order valence-corrected chi connectivity index (χ0v) is 17.6. The molecule has 6 nitrogen and oxygen atoms in total. The molecule has 3 rings (SSSR count). The molecule has 142 valence electrons. The highest BCUT2D eigenvalue weighted by molar-refractivity contribution is 9.11. The SMILES string of the molecule is O=C(COc1ccc(-c2ccccc2)cc1Br)Nc1ccc([N+](=O)[O-])cc1Br. The Kier molecular flexibility index (Phi) is 6.43. The van der Waals surface area contributed by atoms with Crippen molar-refractivity contribution >= 4 is 49.1 Å². The van der Waals surface area contributed by atoms with E-state index >= 15 is 0 Å². The van der Waals surface area contributed by atoms with Gasteiger partial charge in [0.2, 0.25) is 0 Å². The molecule has 0 heterocycles. The van der Waals surface area contributed by atoms with Crippen molar-refractivity contribution in [2.75, 3.05) is 11.9 Å². The van der Waals surface area contributed by atoms with Crippen LogP contribution in [0.15, 0.2) is 75.7 Å². The summed E-state index contributed by atoms with van der Waals surface area (Å²) in [5.74, 6) is 0.159. The van der Waals surface area contributed by atoms with E-state index in [-0.39, 0.29) is 18.2 Å². The van der Waals surface area contributed by atoms with Crippen LogP contribution in [0.5, 0.6) is 5.75 Å². The number of anilines is 1. The number of nitrogens with zero attached hydrogens (tertiary/aromatic N) is 1. The molecule has 0 spiro atoms. The van der Waals surface area contributed by atoms with Gasteiger partial charge in [0, 0.05) is 16.6 Å². The van der Waals surface area contributed by atoms with Crippen LogP contribution in [-0.2, 0) is 4.79 Å². The second-order valence-corrected chi connectivity index (χ2v) is 7.48. The predicted octanol–water partition coefficient (Wildman–Crippen LogP) is 5.80. The summed E-state index contributed by atoms with van der Waals surface area (Å²) in [4.78, 5) is 22.4. The Balaban J connectivity index is 1.62. The summed E-state index contributed by atoms with van der Waals surface area (Å²) >= 11 is 6.68. The largest absolute Gasteiger partial charge is 0.483 e.